The number of carbonyl (C=O) groups is 2. The van der Waals surface area contributed by atoms with Crippen LogP contribution in [0, 0.1) is 0 Å². The van der Waals surface area contributed by atoms with Crippen LogP contribution < -0.4 is 0 Å². The second kappa shape index (κ2) is 7.94. The van der Waals surface area contributed by atoms with Gasteiger partial charge in [-0.05, 0) is 18.0 Å². The molecule has 0 aliphatic heterocycles. The predicted molar refractivity (Wildman–Crippen MR) is 55.2 cm³/mol. The summed E-state index contributed by atoms with van der Waals surface area (Å²) >= 11 is 4.94. The van der Waals surface area contributed by atoms with E-state index < -0.39 is 17.1 Å². The molecule has 14 heavy (non-hydrogen) atoms. The second-order valence-electron chi connectivity index (χ2n) is 3.36. The first-order valence-electron chi connectivity index (χ1n) is 5.01. The van der Waals surface area contributed by atoms with Crippen molar-refractivity contribution in [1.82, 2.24) is 0 Å². The van der Waals surface area contributed by atoms with Crippen LogP contribution in [-0.2, 0) is 9.59 Å². The standard InChI is InChI=1S/C10H17ClO3/c1-2-3-4-5-6-7-8(12)9(13)10(11)14/h8,12H,2-7H2,1H3. The Balaban J connectivity index is 3.49. The van der Waals surface area contributed by atoms with Crippen LogP contribution in [0.3, 0.4) is 0 Å². The minimum absolute atomic E-state index is 0.334. The zero-order valence-electron chi connectivity index (χ0n) is 8.46. The van der Waals surface area contributed by atoms with Crippen molar-refractivity contribution in [2.75, 3.05) is 0 Å². The summed E-state index contributed by atoms with van der Waals surface area (Å²) in [5.74, 6) is -0.887. The maximum Gasteiger partial charge on any atom is 0.290 e. The van der Waals surface area contributed by atoms with Gasteiger partial charge in [0.25, 0.3) is 5.24 Å². The summed E-state index contributed by atoms with van der Waals surface area (Å²) in [6.07, 6.45) is 4.29. The minimum Gasteiger partial charge on any atom is -0.385 e. The van der Waals surface area contributed by atoms with E-state index in [4.69, 9.17) is 11.6 Å². The number of hydrogen-bond acceptors (Lipinski definition) is 3. The lowest BCUT2D eigenvalue weighted by atomic mass is 10.1. The number of aliphatic hydroxyl groups is 1. The van der Waals surface area contributed by atoms with E-state index in [0.29, 0.717) is 6.42 Å². The van der Waals surface area contributed by atoms with Crippen LogP contribution >= 0.6 is 11.6 Å². The van der Waals surface area contributed by atoms with Crippen LogP contribution in [-0.4, -0.2) is 22.2 Å². The van der Waals surface area contributed by atoms with Crippen LogP contribution in [0.4, 0.5) is 0 Å². The average Bonchev–Trinajstić information content (AvgIpc) is 2.16. The molecule has 0 saturated carbocycles. The third-order valence-electron chi connectivity index (χ3n) is 2.08. The molecule has 82 valence electrons. The summed E-state index contributed by atoms with van der Waals surface area (Å²) in [5, 5.41) is 8.11. The van der Waals surface area contributed by atoms with Gasteiger partial charge in [0.05, 0.1) is 0 Å². The van der Waals surface area contributed by atoms with Gasteiger partial charge in [-0.1, -0.05) is 39.0 Å². The summed E-state index contributed by atoms with van der Waals surface area (Å²) in [4.78, 5) is 21.2. The number of halogens is 1. The Morgan fingerprint density at radius 3 is 2.29 bits per heavy atom. The van der Waals surface area contributed by atoms with E-state index in [1.54, 1.807) is 0 Å². The monoisotopic (exact) mass is 220 g/mol. The molecule has 0 heterocycles. The van der Waals surface area contributed by atoms with E-state index in [1.807, 2.05) is 0 Å². The Labute approximate surface area is 89.4 Å². The normalized spacial score (nSPS) is 12.5. The van der Waals surface area contributed by atoms with E-state index in [1.165, 1.54) is 6.42 Å². The van der Waals surface area contributed by atoms with Crippen molar-refractivity contribution in [2.24, 2.45) is 0 Å². The third kappa shape index (κ3) is 6.11. The Bertz CT molecular complexity index is 192. The zero-order chi connectivity index (χ0) is 11.0. The molecule has 0 saturated heterocycles. The van der Waals surface area contributed by atoms with Gasteiger partial charge in [0, 0.05) is 0 Å². The minimum atomic E-state index is -1.21. The highest BCUT2D eigenvalue weighted by Gasteiger charge is 2.20. The maximum absolute atomic E-state index is 10.8. The number of Topliss-reactive ketones (excluding diaryl/α,β-unsaturated/α-hetero) is 1. The summed E-state index contributed by atoms with van der Waals surface area (Å²) in [7, 11) is 0. The molecule has 0 bridgehead atoms. The van der Waals surface area contributed by atoms with Crippen LogP contribution in [0.2, 0.25) is 0 Å². The Morgan fingerprint density at radius 2 is 1.79 bits per heavy atom. The van der Waals surface area contributed by atoms with Gasteiger partial charge < -0.3 is 5.11 Å². The van der Waals surface area contributed by atoms with Crippen molar-refractivity contribution in [2.45, 2.75) is 51.6 Å². The van der Waals surface area contributed by atoms with Crippen LogP contribution in [0.25, 0.3) is 0 Å². The van der Waals surface area contributed by atoms with Crippen molar-refractivity contribution in [3.8, 4) is 0 Å². The van der Waals surface area contributed by atoms with Gasteiger partial charge in [0.1, 0.15) is 6.10 Å². The molecule has 0 spiro atoms. The Hall–Kier alpha value is -0.410. The van der Waals surface area contributed by atoms with Crippen LogP contribution in [0.15, 0.2) is 0 Å². The molecule has 1 atom stereocenters. The quantitative estimate of drug-likeness (QED) is 0.387. The van der Waals surface area contributed by atoms with Gasteiger partial charge in [-0.2, -0.15) is 0 Å². The van der Waals surface area contributed by atoms with Crippen molar-refractivity contribution >= 4 is 22.6 Å². The van der Waals surface area contributed by atoms with Crippen molar-refractivity contribution in [3.05, 3.63) is 0 Å². The van der Waals surface area contributed by atoms with Gasteiger partial charge in [-0.25, -0.2) is 0 Å². The molecule has 0 aliphatic carbocycles. The molecule has 1 N–H and O–H groups in total. The topological polar surface area (TPSA) is 54.4 Å². The third-order valence-corrected chi connectivity index (χ3v) is 2.26. The molecular weight excluding hydrogens is 204 g/mol. The van der Waals surface area contributed by atoms with Crippen LogP contribution in [0.5, 0.6) is 0 Å². The number of carbonyl (C=O) groups excluding carboxylic acids is 2. The van der Waals surface area contributed by atoms with Crippen molar-refractivity contribution in [1.29, 1.82) is 0 Å². The molecule has 0 aliphatic rings. The first kappa shape index (κ1) is 13.6. The highest BCUT2D eigenvalue weighted by atomic mass is 35.5. The largest absolute Gasteiger partial charge is 0.385 e. The fourth-order valence-corrected chi connectivity index (χ4v) is 1.33. The van der Waals surface area contributed by atoms with Gasteiger partial charge >= 0.3 is 0 Å². The predicted octanol–water partition coefficient (Wildman–Crippen LogP) is 2.04. The first-order valence-corrected chi connectivity index (χ1v) is 5.39. The van der Waals surface area contributed by atoms with Gasteiger partial charge in [0.2, 0.25) is 5.78 Å². The van der Waals surface area contributed by atoms with E-state index in [9.17, 15) is 14.7 Å². The molecule has 0 fully saturated rings. The molecule has 1 unspecified atom stereocenters. The second-order valence-corrected chi connectivity index (χ2v) is 3.70. The smallest absolute Gasteiger partial charge is 0.290 e. The fourth-order valence-electron chi connectivity index (χ4n) is 1.20. The number of unbranched alkanes of at least 4 members (excludes halogenated alkanes) is 4. The number of rotatable bonds is 8. The van der Waals surface area contributed by atoms with Crippen LogP contribution in [0.1, 0.15) is 45.4 Å². The van der Waals surface area contributed by atoms with E-state index in [-0.39, 0.29) is 0 Å². The Kier molecular flexibility index (Phi) is 7.71. The average molecular weight is 221 g/mol. The van der Waals surface area contributed by atoms with E-state index in [2.05, 4.69) is 6.92 Å². The fraction of sp³-hybridized carbons (Fsp3) is 0.800. The highest BCUT2D eigenvalue weighted by Crippen LogP contribution is 2.08. The number of ketones is 1. The van der Waals surface area contributed by atoms with Gasteiger partial charge in [0.15, 0.2) is 0 Å². The molecule has 3 nitrogen and oxygen atoms in total. The number of hydrogen-bond donors (Lipinski definition) is 1. The molecular formula is C10H17ClO3. The molecule has 0 rings (SSSR count). The lowest BCUT2D eigenvalue weighted by molar-refractivity contribution is -0.137. The Morgan fingerprint density at radius 1 is 1.21 bits per heavy atom. The SMILES string of the molecule is CCCCCCCC(O)C(=O)C(=O)Cl. The highest BCUT2D eigenvalue weighted by molar-refractivity contribution is 6.81. The summed E-state index contributed by atoms with van der Waals surface area (Å²) in [5.41, 5.74) is 0. The molecule has 0 radical (unpaired) electrons. The summed E-state index contributed by atoms with van der Waals surface area (Å²) in [6.45, 7) is 2.12. The van der Waals surface area contributed by atoms with Crippen molar-refractivity contribution < 1.29 is 14.7 Å². The maximum atomic E-state index is 10.8. The molecule has 0 aromatic rings. The summed E-state index contributed by atoms with van der Waals surface area (Å²) in [6, 6.07) is 0. The molecule has 0 aromatic heterocycles. The first-order chi connectivity index (χ1) is 6.59. The lowest BCUT2D eigenvalue weighted by Crippen LogP contribution is -2.25. The molecule has 0 aromatic carbocycles. The van der Waals surface area contributed by atoms with Crippen molar-refractivity contribution in [3.63, 3.8) is 0 Å². The number of aliphatic hydroxyl groups excluding tert-OH is 1. The van der Waals surface area contributed by atoms with E-state index in [0.717, 1.165) is 25.7 Å². The van der Waals surface area contributed by atoms with E-state index >= 15 is 0 Å². The molecule has 4 heteroatoms. The summed E-state index contributed by atoms with van der Waals surface area (Å²) < 4.78 is 0. The zero-order valence-corrected chi connectivity index (χ0v) is 9.22. The van der Waals surface area contributed by atoms with Gasteiger partial charge in [-0.3, -0.25) is 9.59 Å². The lowest BCUT2D eigenvalue weighted by Gasteiger charge is -2.05. The molecule has 0 amide bonds. The van der Waals surface area contributed by atoms with Gasteiger partial charge in [-0.15, -0.1) is 0 Å².